The van der Waals surface area contributed by atoms with E-state index in [2.05, 4.69) is 6.07 Å². The number of sulfone groups is 1. The summed E-state index contributed by atoms with van der Waals surface area (Å²) in [5, 5.41) is 17.8. The van der Waals surface area contributed by atoms with Crippen molar-refractivity contribution in [3.05, 3.63) is 0 Å². The molecule has 0 radical (unpaired) electrons. The average molecular weight is 231 g/mol. The maximum absolute atomic E-state index is 11.7. The van der Waals surface area contributed by atoms with Crippen molar-refractivity contribution in [1.29, 1.82) is 5.26 Å². The maximum Gasteiger partial charge on any atom is 0.152 e. The van der Waals surface area contributed by atoms with E-state index in [0.717, 1.165) is 0 Å². The highest BCUT2D eigenvalue weighted by Gasteiger charge is 2.48. The highest BCUT2D eigenvalue weighted by Crippen LogP contribution is 2.45. The van der Waals surface area contributed by atoms with Gasteiger partial charge in [-0.05, 0) is 18.8 Å². The van der Waals surface area contributed by atoms with E-state index in [1.54, 1.807) is 6.92 Å². The third kappa shape index (κ3) is 2.01. The van der Waals surface area contributed by atoms with Gasteiger partial charge >= 0.3 is 0 Å². The number of rotatable bonds is 3. The summed E-state index contributed by atoms with van der Waals surface area (Å²) in [5.74, 6) is 0.0518. The van der Waals surface area contributed by atoms with E-state index in [1.165, 1.54) is 0 Å². The molecule has 5 heteroatoms. The van der Waals surface area contributed by atoms with E-state index < -0.39 is 20.5 Å². The van der Waals surface area contributed by atoms with Crippen LogP contribution in [0.4, 0.5) is 0 Å². The van der Waals surface area contributed by atoms with Gasteiger partial charge in [0, 0.05) is 5.75 Å². The third-order valence-electron chi connectivity index (χ3n) is 3.57. The number of hydrogen-bond acceptors (Lipinski definition) is 4. The van der Waals surface area contributed by atoms with Gasteiger partial charge in [-0.3, -0.25) is 0 Å². The Kier molecular flexibility index (Phi) is 3.41. The largest absolute Gasteiger partial charge is 0.395 e. The van der Waals surface area contributed by atoms with Crippen LogP contribution in [-0.2, 0) is 9.84 Å². The highest BCUT2D eigenvalue weighted by molar-refractivity contribution is 7.92. The van der Waals surface area contributed by atoms with Crippen molar-refractivity contribution < 1.29 is 13.5 Å². The summed E-state index contributed by atoms with van der Waals surface area (Å²) in [5.41, 5.74) is -0.854. The summed E-state index contributed by atoms with van der Waals surface area (Å²) in [6.07, 6.45) is 0.766. The fourth-order valence-electron chi connectivity index (χ4n) is 2.23. The average Bonchev–Trinajstić information content (AvgIpc) is 2.57. The Labute approximate surface area is 90.8 Å². The Morgan fingerprint density at radius 3 is 2.53 bits per heavy atom. The molecule has 3 atom stereocenters. The zero-order chi connectivity index (χ0) is 11.7. The van der Waals surface area contributed by atoms with Crippen LogP contribution in [-0.4, -0.2) is 31.1 Å². The molecule has 0 aromatic carbocycles. The molecule has 0 aromatic heterocycles. The zero-order valence-electron chi connectivity index (χ0n) is 9.10. The van der Waals surface area contributed by atoms with Crippen LogP contribution in [0.2, 0.25) is 0 Å². The van der Waals surface area contributed by atoms with Gasteiger partial charge in [-0.15, -0.1) is 0 Å². The number of nitrogens with zero attached hydrogens (tertiary/aromatic N) is 1. The Balaban J connectivity index is 2.95. The summed E-state index contributed by atoms with van der Waals surface area (Å²) in [4.78, 5) is 0. The molecule has 1 N–H and O–H groups in total. The molecule has 1 aliphatic rings. The minimum atomic E-state index is -3.08. The van der Waals surface area contributed by atoms with Gasteiger partial charge in [0.15, 0.2) is 9.84 Å². The molecule has 0 amide bonds. The van der Waals surface area contributed by atoms with E-state index in [-0.39, 0.29) is 24.7 Å². The molecule has 4 nitrogen and oxygen atoms in total. The van der Waals surface area contributed by atoms with Crippen molar-refractivity contribution in [1.82, 2.24) is 0 Å². The molecular weight excluding hydrogens is 214 g/mol. The van der Waals surface area contributed by atoms with Crippen LogP contribution >= 0.6 is 0 Å². The molecule has 0 unspecified atom stereocenters. The molecule has 0 heterocycles. The minimum absolute atomic E-state index is 0.0566. The predicted molar refractivity (Wildman–Crippen MR) is 56.8 cm³/mol. The van der Waals surface area contributed by atoms with Crippen molar-refractivity contribution >= 4 is 9.84 Å². The molecule has 1 rings (SSSR count). The van der Waals surface area contributed by atoms with E-state index >= 15 is 0 Å². The molecule has 1 aliphatic carbocycles. The number of aliphatic hydroxyl groups excluding tert-OH is 1. The predicted octanol–water partition coefficient (Wildman–Crippen LogP) is 0.722. The Hall–Kier alpha value is -0.600. The second-order valence-corrected chi connectivity index (χ2v) is 6.91. The summed E-state index contributed by atoms with van der Waals surface area (Å²) in [6, 6.07) is 2.09. The molecule has 86 valence electrons. The van der Waals surface area contributed by atoms with Crippen LogP contribution in [0.25, 0.3) is 0 Å². The van der Waals surface area contributed by atoms with Gasteiger partial charge in [-0.2, -0.15) is 5.26 Å². The van der Waals surface area contributed by atoms with Crippen LogP contribution in [0, 0.1) is 22.7 Å². The van der Waals surface area contributed by atoms with Crippen LogP contribution in [0.3, 0.4) is 0 Å². The molecule has 0 bridgehead atoms. The Bertz CT molecular complexity index is 371. The lowest BCUT2D eigenvalue weighted by Gasteiger charge is -2.22. The summed E-state index contributed by atoms with van der Waals surface area (Å²) in [6.45, 7) is 3.20. The van der Waals surface area contributed by atoms with Gasteiger partial charge in [0.25, 0.3) is 0 Å². The lowest BCUT2D eigenvalue weighted by atomic mass is 9.81. The van der Waals surface area contributed by atoms with Crippen LogP contribution in [0.15, 0.2) is 0 Å². The summed E-state index contributed by atoms with van der Waals surface area (Å²) in [7, 11) is -3.08. The second-order valence-electron chi connectivity index (χ2n) is 4.34. The first-order chi connectivity index (χ1) is 6.91. The quantitative estimate of drug-likeness (QED) is 0.776. The first-order valence-electron chi connectivity index (χ1n) is 5.15. The molecule has 1 saturated carbocycles. The molecule has 0 aromatic rings. The highest BCUT2D eigenvalue weighted by atomic mass is 32.2. The Morgan fingerprint density at radius 2 is 2.20 bits per heavy atom. The SMILES string of the molecule is CCS(=O)(=O)[C@@H]1C[C@H](C)[C@](C#N)(CO)C1. The Morgan fingerprint density at radius 1 is 1.60 bits per heavy atom. The van der Waals surface area contributed by atoms with Crippen molar-refractivity contribution in [2.24, 2.45) is 11.3 Å². The van der Waals surface area contributed by atoms with Gasteiger partial charge in [-0.1, -0.05) is 13.8 Å². The van der Waals surface area contributed by atoms with Gasteiger partial charge < -0.3 is 5.11 Å². The zero-order valence-corrected chi connectivity index (χ0v) is 9.92. The fourth-order valence-corrected chi connectivity index (χ4v) is 3.84. The van der Waals surface area contributed by atoms with E-state index in [1.807, 2.05) is 6.92 Å². The van der Waals surface area contributed by atoms with Gasteiger partial charge in [-0.25, -0.2) is 8.42 Å². The number of nitriles is 1. The smallest absolute Gasteiger partial charge is 0.152 e. The molecular formula is C10H17NO3S. The molecule has 0 saturated heterocycles. The van der Waals surface area contributed by atoms with Crippen LogP contribution in [0.5, 0.6) is 0 Å². The van der Waals surface area contributed by atoms with Crippen molar-refractivity contribution in [2.45, 2.75) is 31.9 Å². The standard InChI is InChI=1S/C10H17NO3S/c1-3-15(13,14)9-4-8(2)10(5-9,6-11)7-12/h8-9,12H,3-5,7H2,1-2H3/t8-,9+,10+/m0/s1. The van der Waals surface area contributed by atoms with Crippen molar-refractivity contribution in [3.8, 4) is 6.07 Å². The monoisotopic (exact) mass is 231 g/mol. The lowest BCUT2D eigenvalue weighted by Crippen LogP contribution is -2.27. The van der Waals surface area contributed by atoms with Crippen molar-refractivity contribution in [2.75, 3.05) is 12.4 Å². The summed E-state index contributed by atoms with van der Waals surface area (Å²) < 4.78 is 23.4. The molecule has 15 heavy (non-hydrogen) atoms. The molecule has 1 fully saturated rings. The second kappa shape index (κ2) is 4.11. The first kappa shape index (κ1) is 12.5. The van der Waals surface area contributed by atoms with Gasteiger partial charge in [0.05, 0.1) is 23.3 Å². The molecule has 0 aliphatic heterocycles. The van der Waals surface area contributed by atoms with E-state index in [9.17, 15) is 13.5 Å². The molecule has 0 spiro atoms. The van der Waals surface area contributed by atoms with Crippen molar-refractivity contribution in [3.63, 3.8) is 0 Å². The summed E-state index contributed by atoms with van der Waals surface area (Å²) >= 11 is 0. The van der Waals surface area contributed by atoms with E-state index in [4.69, 9.17) is 5.26 Å². The van der Waals surface area contributed by atoms with Gasteiger partial charge in [0.1, 0.15) is 0 Å². The minimum Gasteiger partial charge on any atom is -0.395 e. The fraction of sp³-hybridized carbons (Fsp3) is 0.900. The number of aliphatic hydroxyl groups is 1. The van der Waals surface area contributed by atoms with Crippen LogP contribution < -0.4 is 0 Å². The number of hydrogen-bond donors (Lipinski definition) is 1. The van der Waals surface area contributed by atoms with Crippen LogP contribution in [0.1, 0.15) is 26.7 Å². The normalized spacial score (nSPS) is 36.4. The maximum atomic E-state index is 11.7. The van der Waals surface area contributed by atoms with Gasteiger partial charge in [0.2, 0.25) is 0 Å². The first-order valence-corrected chi connectivity index (χ1v) is 6.87. The third-order valence-corrected chi connectivity index (χ3v) is 5.75. The lowest BCUT2D eigenvalue weighted by molar-refractivity contribution is 0.144. The van der Waals surface area contributed by atoms with E-state index in [0.29, 0.717) is 6.42 Å². The topological polar surface area (TPSA) is 78.2 Å².